The van der Waals surface area contributed by atoms with E-state index in [-0.39, 0.29) is 5.91 Å². The zero-order valence-corrected chi connectivity index (χ0v) is 13.8. The summed E-state index contributed by atoms with van der Waals surface area (Å²) in [4.78, 5) is 20.8. The fraction of sp³-hybridized carbons (Fsp3) is 0.412. The van der Waals surface area contributed by atoms with Crippen LogP contribution in [0.3, 0.4) is 0 Å². The lowest BCUT2D eigenvalue weighted by atomic mass is 10.1. The van der Waals surface area contributed by atoms with Crippen LogP contribution in [-0.2, 0) is 11.2 Å². The number of hydrogen-bond donors (Lipinski definition) is 0. The van der Waals surface area contributed by atoms with Crippen LogP contribution < -0.4 is 4.90 Å². The third-order valence-corrected chi connectivity index (χ3v) is 4.34. The molecular formula is C17H19N5O2. The van der Waals surface area contributed by atoms with Gasteiger partial charge in [0.2, 0.25) is 5.91 Å². The van der Waals surface area contributed by atoms with Gasteiger partial charge in [0.05, 0.1) is 23.7 Å². The smallest absolute Gasteiger partial charge is 0.227 e. The summed E-state index contributed by atoms with van der Waals surface area (Å²) in [6.07, 6.45) is 1.96. The van der Waals surface area contributed by atoms with Crippen molar-refractivity contribution in [3.63, 3.8) is 0 Å². The number of piperazine rings is 1. The van der Waals surface area contributed by atoms with Gasteiger partial charge in [-0.1, -0.05) is 5.16 Å². The SMILES string of the molecule is Cc1noc(C)c1CC(=O)N1CCN(c2cc(C#N)ccn2)CC1. The van der Waals surface area contributed by atoms with Gasteiger partial charge in [0.1, 0.15) is 11.6 Å². The fourth-order valence-corrected chi connectivity index (χ4v) is 2.86. The van der Waals surface area contributed by atoms with Crippen LogP contribution in [0.15, 0.2) is 22.9 Å². The Morgan fingerprint density at radius 1 is 1.33 bits per heavy atom. The van der Waals surface area contributed by atoms with Crippen molar-refractivity contribution in [2.24, 2.45) is 0 Å². The average molecular weight is 325 g/mol. The van der Waals surface area contributed by atoms with Crippen molar-refractivity contribution in [3.05, 3.63) is 40.9 Å². The number of nitriles is 1. The van der Waals surface area contributed by atoms with Gasteiger partial charge in [0, 0.05) is 37.9 Å². The topological polar surface area (TPSA) is 86.3 Å². The average Bonchev–Trinajstić information content (AvgIpc) is 2.94. The molecule has 0 atom stereocenters. The molecule has 0 bridgehead atoms. The number of pyridine rings is 1. The Kier molecular flexibility index (Phi) is 4.47. The molecule has 1 aliphatic rings. The van der Waals surface area contributed by atoms with Gasteiger partial charge >= 0.3 is 0 Å². The molecule has 2 aromatic rings. The molecule has 3 rings (SSSR count). The molecule has 7 heteroatoms. The monoisotopic (exact) mass is 325 g/mol. The van der Waals surface area contributed by atoms with Crippen molar-refractivity contribution >= 4 is 11.7 Å². The summed E-state index contributed by atoms with van der Waals surface area (Å²) in [7, 11) is 0. The predicted octanol–water partition coefficient (Wildman–Crippen LogP) is 1.45. The molecule has 1 aliphatic heterocycles. The van der Waals surface area contributed by atoms with Gasteiger partial charge in [-0.2, -0.15) is 5.26 Å². The molecule has 0 aliphatic carbocycles. The lowest BCUT2D eigenvalue weighted by molar-refractivity contribution is -0.130. The Morgan fingerprint density at radius 3 is 2.71 bits per heavy atom. The van der Waals surface area contributed by atoms with E-state index in [1.54, 1.807) is 18.3 Å². The highest BCUT2D eigenvalue weighted by Gasteiger charge is 2.24. The second-order valence-electron chi connectivity index (χ2n) is 5.86. The first-order valence-corrected chi connectivity index (χ1v) is 7.89. The molecule has 1 amide bonds. The molecule has 7 nitrogen and oxygen atoms in total. The third kappa shape index (κ3) is 3.23. The fourth-order valence-electron chi connectivity index (χ4n) is 2.86. The Hall–Kier alpha value is -2.88. The van der Waals surface area contributed by atoms with Crippen molar-refractivity contribution in [3.8, 4) is 6.07 Å². The Labute approximate surface area is 140 Å². The predicted molar refractivity (Wildman–Crippen MR) is 87.4 cm³/mol. The van der Waals surface area contributed by atoms with Gasteiger partial charge in [0.15, 0.2) is 0 Å². The van der Waals surface area contributed by atoms with Crippen molar-refractivity contribution in [1.82, 2.24) is 15.0 Å². The van der Waals surface area contributed by atoms with E-state index in [0.29, 0.717) is 43.9 Å². The number of amides is 1. The number of aromatic nitrogens is 2. The van der Waals surface area contributed by atoms with Crippen LogP contribution in [-0.4, -0.2) is 47.1 Å². The van der Waals surface area contributed by atoms with Crippen LogP contribution in [0.4, 0.5) is 5.82 Å². The minimum atomic E-state index is 0.0859. The van der Waals surface area contributed by atoms with Gasteiger partial charge in [-0.25, -0.2) is 4.98 Å². The summed E-state index contributed by atoms with van der Waals surface area (Å²) in [6, 6.07) is 5.59. The summed E-state index contributed by atoms with van der Waals surface area (Å²) in [5.74, 6) is 1.58. The summed E-state index contributed by atoms with van der Waals surface area (Å²) >= 11 is 0. The number of aryl methyl sites for hydroxylation is 2. The van der Waals surface area contributed by atoms with Gasteiger partial charge in [-0.15, -0.1) is 0 Å². The van der Waals surface area contributed by atoms with E-state index in [9.17, 15) is 4.79 Å². The molecular weight excluding hydrogens is 306 g/mol. The van der Waals surface area contributed by atoms with E-state index in [0.717, 1.165) is 17.1 Å². The Morgan fingerprint density at radius 2 is 2.08 bits per heavy atom. The number of hydrogen-bond acceptors (Lipinski definition) is 6. The zero-order chi connectivity index (χ0) is 17.1. The van der Waals surface area contributed by atoms with Crippen LogP contribution in [0, 0.1) is 25.2 Å². The highest BCUT2D eigenvalue weighted by atomic mass is 16.5. The lowest BCUT2D eigenvalue weighted by Crippen LogP contribution is -2.49. The van der Waals surface area contributed by atoms with Crippen LogP contribution in [0.1, 0.15) is 22.6 Å². The lowest BCUT2D eigenvalue weighted by Gasteiger charge is -2.35. The van der Waals surface area contributed by atoms with E-state index in [4.69, 9.17) is 9.78 Å². The largest absolute Gasteiger partial charge is 0.361 e. The number of anilines is 1. The van der Waals surface area contributed by atoms with Crippen LogP contribution in [0.2, 0.25) is 0 Å². The minimum Gasteiger partial charge on any atom is -0.361 e. The van der Waals surface area contributed by atoms with Crippen LogP contribution >= 0.6 is 0 Å². The number of carbonyl (C=O) groups excluding carboxylic acids is 1. The molecule has 0 spiro atoms. The summed E-state index contributed by atoms with van der Waals surface area (Å²) < 4.78 is 5.12. The van der Waals surface area contributed by atoms with Crippen molar-refractivity contribution in [1.29, 1.82) is 5.26 Å². The quantitative estimate of drug-likeness (QED) is 0.849. The molecule has 2 aromatic heterocycles. The van der Waals surface area contributed by atoms with Crippen LogP contribution in [0.25, 0.3) is 0 Å². The van der Waals surface area contributed by atoms with Crippen molar-refractivity contribution < 1.29 is 9.32 Å². The van der Waals surface area contributed by atoms with Crippen LogP contribution in [0.5, 0.6) is 0 Å². The standard InChI is InChI=1S/C17H19N5O2/c1-12-15(13(2)24-20-12)10-17(23)22-7-5-21(6-8-22)16-9-14(11-18)3-4-19-16/h3-4,9H,5-8,10H2,1-2H3. The van der Waals surface area contributed by atoms with E-state index in [1.165, 1.54) is 0 Å². The first-order chi connectivity index (χ1) is 11.6. The molecule has 24 heavy (non-hydrogen) atoms. The Balaban J connectivity index is 1.60. The second kappa shape index (κ2) is 6.71. The minimum absolute atomic E-state index is 0.0859. The number of rotatable bonds is 3. The Bertz CT molecular complexity index is 765. The molecule has 0 unspecified atom stereocenters. The molecule has 0 N–H and O–H groups in total. The number of carbonyl (C=O) groups is 1. The first-order valence-electron chi connectivity index (χ1n) is 7.89. The zero-order valence-electron chi connectivity index (χ0n) is 13.8. The second-order valence-corrected chi connectivity index (χ2v) is 5.86. The molecule has 3 heterocycles. The molecule has 124 valence electrons. The highest BCUT2D eigenvalue weighted by molar-refractivity contribution is 5.79. The van der Waals surface area contributed by atoms with Gasteiger partial charge in [-0.3, -0.25) is 4.79 Å². The van der Waals surface area contributed by atoms with E-state index in [1.807, 2.05) is 18.7 Å². The summed E-state index contributed by atoms with van der Waals surface area (Å²) in [6.45, 7) is 6.37. The molecule has 0 radical (unpaired) electrons. The number of nitrogens with zero attached hydrogens (tertiary/aromatic N) is 5. The van der Waals surface area contributed by atoms with Crippen molar-refractivity contribution in [2.45, 2.75) is 20.3 Å². The highest BCUT2D eigenvalue weighted by Crippen LogP contribution is 2.17. The van der Waals surface area contributed by atoms with Gasteiger partial charge < -0.3 is 14.3 Å². The van der Waals surface area contributed by atoms with E-state index >= 15 is 0 Å². The summed E-state index contributed by atoms with van der Waals surface area (Å²) in [5.41, 5.74) is 2.25. The van der Waals surface area contributed by atoms with Crippen molar-refractivity contribution in [2.75, 3.05) is 31.1 Å². The molecule has 1 fully saturated rings. The van der Waals surface area contributed by atoms with E-state index < -0.39 is 0 Å². The van der Waals surface area contributed by atoms with Gasteiger partial charge in [0.25, 0.3) is 0 Å². The van der Waals surface area contributed by atoms with Gasteiger partial charge in [-0.05, 0) is 26.0 Å². The third-order valence-electron chi connectivity index (χ3n) is 4.34. The normalized spacial score (nSPS) is 14.5. The molecule has 0 aromatic carbocycles. The maximum absolute atomic E-state index is 12.5. The summed E-state index contributed by atoms with van der Waals surface area (Å²) in [5, 5.41) is 12.9. The first kappa shape index (κ1) is 16.0. The maximum atomic E-state index is 12.5. The van der Waals surface area contributed by atoms with E-state index in [2.05, 4.69) is 21.1 Å². The maximum Gasteiger partial charge on any atom is 0.227 e. The molecule has 0 saturated carbocycles. The molecule has 1 saturated heterocycles.